The van der Waals surface area contributed by atoms with Gasteiger partial charge in [-0.1, -0.05) is 5.16 Å². The first-order valence-electron chi connectivity index (χ1n) is 9.29. The largest absolute Gasteiger partial charge is 0.364 e. The van der Waals surface area contributed by atoms with E-state index in [2.05, 4.69) is 34.1 Å². The number of hydrogen-bond acceptors (Lipinski definition) is 6. The van der Waals surface area contributed by atoms with E-state index in [1.54, 1.807) is 6.26 Å². The molecule has 2 aliphatic rings. The van der Waals surface area contributed by atoms with E-state index in [1.807, 2.05) is 6.07 Å². The maximum atomic E-state index is 11.6. The molecular weight excluding hydrogens is 481 g/mol. The van der Waals surface area contributed by atoms with Gasteiger partial charge in [0.05, 0.1) is 17.2 Å². The Morgan fingerprint density at radius 2 is 2.11 bits per heavy atom. The average Bonchev–Trinajstić information content (AvgIpc) is 3.21. The van der Waals surface area contributed by atoms with Crippen molar-refractivity contribution in [2.45, 2.75) is 32.9 Å². The summed E-state index contributed by atoms with van der Waals surface area (Å²) in [7, 11) is -2.85. The molecule has 2 fully saturated rings. The van der Waals surface area contributed by atoms with Gasteiger partial charge in [-0.15, -0.1) is 24.0 Å². The molecule has 1 aromatic rings. The van der Waals surface area contributed by atoms with E-state index in [0.29, 0.717) is 12.3 Å². The molecule has 0 aliphatic carbocycles. The molecule has 0 amide bonds. The van der Waals surface area contributed by atoms with E-state index in [0.717, 1.165) is 50.8 Å². The molecule has 154 valence electrons. The van der Waals surface area contributed by atoms with Crippen LogP contribution in [0.4, 0.5) is 0 Å². The fraction of sp³-hybridized carbons (Fsp3) is 0.765. The van der Waals surface area contributed by atoms with Crippen LogP contribution in [0.3, 0.4) is 0 Å². The van der Waals surface area contributed by atoms with E-state index < -0.39 is 9.84 Å². The third-order valence-electron chi connectivity index (χ3n) is 4.79. The smallest absolute Gasteiger partial charge is 0.194 e. The molecule has 0 radical (unpaired) electrons. The molecule has 0 saturated carbocycles. The number of aliphatic imine (C=N–C) groups is 1. The molecule has 2 saturated heterocycles. The number of halogens is 1. The molecule has 1 atom stereocenters. The van der Waals surface area contributed by atoms with Gasteiger partial charge < -0.3 is 14.7 Å². The third kappa shape index (κ3) is 6.90. The molecule has 2 aliphatic heterocycles. The molecule has 3 rings (SSSR count). The summed E-state index contributed by atoms with van der Waals surface area (Å²) < 4.78 is 28.2. The van der Waals surface area contributed by atoms with Gasteiger partial charge in [-0.05, 0) is 26.2 Å². The lowest BCUT2D eigenvalue weighted by molar-refractivity contribution is 0.168. The quantitative estimate of drug-likeness (QED) is 0.361. The van der Waals surface area contributed by atoms with Crippen LogP contribution in [-0.4, -0.2) is 79.6 Å². The van der Waals surface area contributed by atoms with Crippen molar-refractivity contribution in [1.82, 2.24) is 20.3 Å². The summed E-state index contributed by atoms with van der Waals surface area (Å²) >= 11 is 0. The van der Waals surface area contributed by atoms with Gasteiger partial charge in [-0.2, -0.15) is 0 Å². The Balaban J connectivity index is 0.00000261. The summed E-state index contributed by atoms with van der Waals surface area (Å²) in [6.07, 6.45) is 2.33. The maximum Gasteiger partial charge on any atom is 0.194 e. The summed E-state index contributed by atoms with van der Waals surface area (Å²) in [5.41, 5.74) is 0.954. The Hall–Kier alpha value is -0.880. The van der Waals surface area contributed by atoms with E-state index in [1.165, 1.54) is 0 Å². The van der Waals surface area contributed by atoms with Crippen molar-refractivity contribution in [3.63, 3.8) is 0 Å². The molecule has 3 heterocycles. The number of nitrogens with one attached hydrogen (secondary N) is 1. The Morgan fingerprint density at radius 3 is 2.67 bits per heavy atom. The summed E-state index contributed by atoms with van der Waals surface area (Å²) in [5, 5.41) is 7.41. The fourth-order valence-corrected chi connectivity index (χ4v) is 5.24. The van der Waals surface area contributed by atoms with Crippen molar-refractivity contribution in [3.05, 3.63) is 18.0 Å². The lowest BCUT2D eigenvalue weighted by Crippen LogP contribution is -2.53. The standard InChI is InChI=1S/C17H29N5O3S.HI/c1-14(2)19-17(18-11-15-4-10-26(23,24)13-15)22-7-5-21(6-8-22)12-16-3-9-25-20-16;/h3,9,14-15H,4-8,10-13H2,1-2H3,(H,18,19);1H. The Bertz CT molecular complexity index is 700. The van der Waals surface area contributed by atoms with Gasteiger partial charge >= 0.3 is 0 Å². The van der Waals surface area contributed by atoms with Crippen LogP contribution in [0.2, 0.25) is 0 Å². The van der Waals surface area contributed by atoms with Gasteiger partial charge in [0, 0.05) is 51.4 Å². The second kappa shape index (κ2) is 10.1. The van der Waals surface area contributed by atoms with Crippen LogP contribution in [0.15, 0.2) is 21.8 Å². The first kappa shape index (κ1) is 22.4. The Labute approximate surface area is 178 Å². The van der Waals surface area contributed by atoms with Crippen LogP contribution in [0.1, 0.15) is 26.0 Å². The second-order valence-electron chi connectivity index (χ2n) is 7.49. The maximum absolute atomic E-state index is 11.6. The zero-order chi connectivity index (χ0) is 18.6. The van der Waals surface area contributed by atoms with Crippen LogP contribution in [0.25, 0.3) is 0 Å². The zero-order valence-electron chi connectivity index (χ0n) is 16.0. The fourth-order valence-electron chi connectivity index (χ4n) is 3.39. The predicted molar refractivity (Wildman–Crippen MR) is 116 cm³/mol. The normalized spacial score (nSPS) is 23.4. The number of nitrogens with zero attached hydrogens (tertiary/aromatic N) is 4. The molecule has 0 aromatic carbocycles. The number of piperazine rings is 1. The highest BCUT2D eigenvalue weighted by Crippen LogP contribution is 2.18. The van der Waals surface area contributed by atoms with Crippen LogP contribution in [0, 0.1) is 5.92 Å². The zero-order valence-corrected chi connectivity index (χ0v) is 19.2. The second-order valence-corrected chi connectivity index (χ2v) is 9.72. The number of aromatic nitrogens is 1. The van der Waals surface area contributed by atoms with Gasteiger partial charge in [-0.3, -0.25) is 9.89 Å². The third-order valence-corrected chi connectivity index (χ3v) is 6.63. The number of guanidine groups is 1. The first-order valence-corrected chi connectivity index (χ1v) is 11.1. The van der Waals surface area contributed by atoms with E-state index in [-0.39, 0.29) is 41.7 Å². The minimum Gasteiger partial charge on any atom is -0.364 e. The van der Waals surface area contributed by atoms with E-state index in [9.17, 15) is 8.42 Å². The highest BCUT2D eigenvalue weighted by Gasteiger charge is 2.28. The molecule has 0 bridgehead atoms. The Morgan fingerprint density at radius 1 is 1.37 bits per heavy atom. The molecule has 8 nitrogen and oxygen atoms in total. The van der Waals surface area contributed by atoms with Crippen molar-refractivity contribution in [2.75, 3.05) is 44.2 Å². The number of rotatable bonds is 5. The van der Waals surface area contributed by atoms with Crippen LogP contribution in [-0.2, 0) is 16.4 Å². The lowest BCUT2D eigenvalue weighted by Gasteiger charge is -2.36. The molecule has 10 heteroatoms. The molecule has 1 aromatic heterocycles. The van der Waals surface area contributed by atoms with Gasteiger partial charge in [0.15, 0.2) is 15.8 Å². The highest BCUT2D eigenvalue weighted by molar-refractivity contribution is 14.0. The van der Waals surface area contributed by atoms with Crippen molar-refractivity contribution in [1.29, 1.82) is 0 Å². The van der Waals surface area contributed by atoms with Crippen LogP contribution in [0.5, 0.6) is 0 Å². The van der Waals surface area contributed by atoms with Crippen LogP contribution < -0.4 is 5.32 Å². The minimum absolute atomic E-state index is 0. The Kier molecular flexibility index (Phi) is 8.35. The van der Waals surface area contributed by atoms with Crippen molar-refractivity contribution in [2.24, 2.45) is 10.9 Å². The number of hydrogen-bond donors (Lipinski definition) is 1. The van der Waals surface area contributed by atoms with Crippen LogP contribution >= 0.6 is 24.0 Å². The predicted octanol–water partition coefficient (Wildman–Crippen LogP) is 1.20. The SMILES string of the molecule is CC(C)NC(=NCC1CCS(=O)(=O)C1)N1CCN(Cc2ccon2)CC1.I. The topological polar surface area (TPSA) is 91.0 Å². The summed E-state index contributed by atoms with van der Waals surface area (Å²) in [6, 6.07) is 2.18. The summed E-state index contributed by atoms with van der Waals surface area (Å²) in [4.78, 5) is 9.38. The highest BCUT2D eigenvalue weighted by atomic mass is 127. The van der Waals surface area contributed by atoms with Crippen molar-refractivity contribution >= 4 is 39.8 Å². The van der Waals surface area contributed by atoms with Gasteiger partial charge in [0.25, 0.3) is 0 Å². The monoisotopic (exact) mass is 511 g/mol. The molecular formula is C17H30IN5O3S. The summed E-state index contributed by atoms with van der Waals surface area (Å²) in [5.74, 6) is 1.63. The first-order chi connectivity index (χ1) is 12.4. The van der Waals surface area contributed by atoms with Gasteiger partial charge in [0.1, 0.15) is 6.26 Å². The number of sulfone groups is 1. The van der Waals surface area contributed by atoms with Gasteiger partial charge in [-0.25, -0.2) is 8.42 Å². The molecule has 0 spiro atoms. The average molecular weight is 511 g/mol. The molecule has 1 unspecified atom stereocenters. The minimum atomic E-state index is -2.85. The van der Waals surface area contributed by atoms with E-state index >= 15 is 0 Å². The molecule has 27 heavy (non-hydrogen) atoms. The lowest BCUT2D eigenvalue weighted by atomic mass is 10.1. The van der Waals surface area contributed by atoms with E-state index in [4.69, 9.17) is 9.52 Å². The van der Waals surface area contributed by atoms with Crippen molar-refractivity contribution in [3.8, 4) is 0 Å². The molecule has 1 N–H and O–H groups in total. The van der Waals surface area contributed by atoms with Crippen molar-refractivity contribution < 1.29 is 12.9 Å². The summed E-state index contributed by atoms with van der Waals surface area (Å²) in [6.45, 7) is 9.21. The van der Waals surface area contributed by atoms with Gasteiger partial charge in [0.2, 0.25) is 0 Å².